The summed E-state index contributed by atoms with van der Waals surface area (Å²) in [6.45, 7) is 3.06. The van der Waals surface area contributed by atoms with Crippen LogP contribution in [0.4, 0.5) is 10.1 Å². The van der Waals surface area contributed by atoms with Crippen LogP contribution in [-0.4, -0.2) is 44.0 Å². The lowest BCUT2D eigenvalue weighted by molar-refractivity contribution is -0.135. The fourth-order valence-corrected chi connectivity index (χ4v) is 3.48. The molecule has 0 radical (unpaired) electrons. The number of benzene rings is 2. The molecule has 0 saturated carbocycles. The summed E-state index contributed by atoms with van der Waals surface area (Å²) >= 11 is 0. The zero-order valence-corrected chi connectivity index (χ0v) is 16.9. The van der Waals surface area contributed by atoms with Crippen molar-refractivity contribution >= 4 is 17.5 Å². The number of carbonyl (C=O) groups is 2. The summed E-state index contributed by atoms with van der Waals surface area (Å²) in [6, 6.07) is 11.9. The maximum Gasteiger partial charge on any atom is 0.228 e. The van der Waals surface area contributed by atoms with Crippen LogP contribution in [0.5, 0.6) is 11.5 Å². The van der Waals surface area contributed by atoms with Gasteiger partial charge in [0.2, 0.25) is 11.8 Å². The van der Waals surface area contributed by atoms with Crippen molar-refractivity contribution in [1.82, 2.24) is 4.90 Å². The van der Waals surface area contributed by atoms with Gasteiger partial charge >= 0.3 is 0 Å². The topological polar surface area (TPSA) is 59.1 Å². The highest BCUT2D eigenvalue weighted by molar-refractivity contribution is 6.00. The lowest BCUT2D eigenvalue weighted by atomic mass is 10.1. The molecule has 1 aliphatic heterocycles. The average Bonchev–Trinajstić information content (AvgIpc) is 3.10. The quantitative estimate of drug-likeness (QED) is 0.716. The van der Waals surface area contributed by atoms with E-state index in [1.807, 2.05) is 31.2 Å². The van der Waals surface area contributed by atoms with Crippen molar-refractivity contribution in [1.29, 1.82) is 0 Å². The van der Waals surface area contributed by atoms with Gasteiger partial charge in [0.15, 0.2) is 11.6 Å². The van der Waals surface area contributed by atoms with Crippen molar-refractivity contribution in [3.8, 4) is 11.5 Å². The second-order valence-electron chi connectivity index (χ2n) is 7.00. The maximum absolute atomic E-state index is 13.9. The summed E-state index contributed by atoms with van der Waals surface area (Å²) in [4.78, 5) is 28.4. The van der Waals surface area contributed by atoms with Gasteiger partial charge in [-0.25, -0.2) is 4.39 Å². The second-order valence-corrected chi connectivity index (χ2v) is 7.00. The molecule has 29 heavy (non-hydrogen) atoms. The number of rotatable bonds is 7. The molecule has 1 fully saturated rings. The first-order chi connectivity index (χ1) is 13.9. The molecule has 0 bridgehead atoms. The van der Waals surface area contributed by atoms with Gasteiger partial charge in [-0.2, -0.15) is 0 Å². The Bertz CT molecular complexity index is 885. The predicted molar refractivity (Wildman–Crippen MR) is 107 cm³/mol. The molecule has 0 aromatic heterocycles. The summed E-state index contributed by atoms with van der Waals surface area (Å²) in [5.41, 5.74) is 1.40. The SMILES string of the molecule is CCOc1ccc(N2C[C@H](C(=O)N(C)Cc3ccc(OC)c(F)c3)CC2=O)cc1. The number of halogens is 1. The number of hydrogen-bond donors (Lipinski definition) is 0. The van der Waals surface area contributed by atoms with Crippen LogP contribution in [0.2, 0.25) is 0 Å². The number of amides is 2. The molecule has 0 spiro atoms. The molecule has 2 amide bonds. The van der Waals surface area contributed by atoms with E-state index < -0.39 is 11.7 Å². The molecular formula is C22H25FN2O4. The van der Waals surface area contributed by atoms with Crippen molar-refractivity contribution in [2.45, 2.75) is 19.9 Å². The highest BCUT2D eigenvalue weighted by Crippen LogP contribution is 2.28. The van der Waals surface area contributed by atoms with Crippen molar-refractivity contribution in [2.24, 2.45) is 5.92 Å². The second kappa shape index (κ2) is 8.94. The van der Waals surface area contributed by atoms with E-state index >= 15 is 0 Å². The standard InChI is InChI=1S/C22H25FN2O4/c1-4-29-18-8-6-17(7-9-18)25-14-16(12-21(25)26)22(27)24(2)13-15-5-10-20(28-3)19(23)11-15/h5-11,16H,4,12-14H2,1-3H3/t16-/m1/s1. The van der Waals surface area contributed by atoms with Crippen LogP contribution in [0.3, 0.4) is 0 Å². The summed E-state index contributed by atoms with van der Waals surface area (Å²) in [7, 11) is 3.06. The first kappa shape index (κ1) is 20.6. The molecule has 2 aromatic rings. The van der Waals surface area contributed by atoms with Crippen molar-refractivity contribution in [2.75, 3.05) is 32.2 Å². The van der Waals surface area contributed by atoms with Crippen LogP contribution in [0, 0.1) is 11.7 Å². The van der Waals surface area contributed by atoms with E-state index in [2.05, 4.69) is 0 Å². The van der Waals surface area contributed by atoms with Crippen LogP contribution >= 0.6 is 0 Å². The Balaban J connectivity index is 1.64. The molecule has 1 saturated heterocycles. The van der Waals surface area contributed by atoms with Crippen LogP contribution in [0.1, 0.15) is 18.9 Å². The molecule has 0 N–H and O–H groups in total. The largest absolute Gasteiger partial charge is 0.494 e. The van der Waals surface area contributed by atoms with Gasteiger partial charge in [0, 0.05) is 32.2 Å². The molecular weight excluding hydrogens is 375 g/mol. The molecule has 0 aliphatic carbocycles. The molecule has 1 aliphatic rings. The highest BCUT2D eigenvalue weighted by atomic mass is 19.1. The molecule has 154 valence electrons. The van der Waals surface area contributed by atoms with E-state index in [1.54, 1.807) is 18.0 Å². The minimum Gasteiger partial charge on any atom is -0.494 e. The van der Waals surface area contributed by atoms with Gasteiger partial charge in [-0.05, 0) is 48.9 Å². The van der Waals surface area contributed by atoms with Gasteiger partial charge in [-0.3, -0.25) is 9.59 Å². The number of nitrogens with zero attached hydrogens (tertiary/aromatic N) is 2. The third kappa shape index (κ3) is 4.67. The number of anilines is 1. The number of carbonyl (C=O) groups excluding carboxylic acids is 2. The fraction of sp³-hybridized carbons (Fsp3) is 0.364. The van der Waals surface area contributed by atoms with Gasteiger partial charge in [-0.15, -0.1) is 0 Å². The molecule has 1 atom stereocenters. The van der Waals surface area contributed by atoms with E-state index in [0.29, 0.717) is 18.7 Å². The Hall–Kier alpha value is -3.09. The van der Waals surface area contributed by atoms with Gasteiger partial charge < -0.3 is 19.3 Å². The summed E-state index contributed by atoms with van der Waals surface area (Å²) in [5.74, 6) is -0.220. The van der Waals surface area contributed by atoms with Crippen molar-refractivity contribution in [3.63, 3.8) is 0 Å². The molecule has 1 heterocycles. The Morgan fingerprint density at radius 2 is 1.97 bits per heavy atom. The molecule has 3 rings (SSSR count). The fourth-order valence-electron chi connectivity index (χ4n) is 3.48. The van der Waals surface area contributed by atoms with Gasteiger partial charge in [0.1, 0.15) is 5.75 Å². The highest BCUT2D eigenvalue weighted by Gasteiger charge is 2.36. The van der Waals surface area contributed by atoms with Crippen LogP contribution in [0.25, 0.3) is 0 Å². The Labute approximate surface area is 169 Å². The van der Waals surface area contributed by atoms with Gasteiger partial charge in [0.05, 0.1) is 19.6 Å². The predicted octanol–water partition coefficient (Wildman–Crippen LogP) is 3.24. The van der Waals surface area contributed by atoms with E-state index in [1.165, 1.54) is 24.1 Å². The van der Waals surface area contributed by atoms with Crippen LogP contribution in [0.15, 0.2) is 42.5 Å². The van der Waals surface area contributed by atoms with E-state index in [4.69, 9.17) is 9.47 Å². The smallest absolute Gasteiger partial charge is 0.228 e. The third-order valence-electron chi connectivity index (χ3n) is 4.95. The number of ether oxygens (including phenoxy) is 2. The molecule has 0 unspecified atom stereocenters. The van der Waals surface area contributed by atoms with Crippen molar-refractivity contribution in [3.05, 3.63) is 53.8 Å². The number of methoxy groups -OCH3 is 1. The monoisotopic (exact) mass is 400 g/mol. The van der Waals surface area contributed by atoms with Crippen LogP contribution < -0.4 is 14.4 Å². The van der Waals surface area contributed by atoms with E-state index in [9.17, 15) is 14.0 Å². The Morgan fingerprint density at radius 1 is 1.24 bits per heavy atom. The van der Waals surface area contributed by atoms with E-state index in [-0.39, 0.29) is 30.5 Å². The maximum atomic E-state index is 13.9. The first-order valence-electron chi connectivity index (χ1n) is 9.53. The zero-order valence-electron chi connectivity index (χ0n) is 16.9. The number of hydrogen-bond acceptors (Lipinski definition) is 4. The zero-order chi connectivity index (χ0) is 21.0. The van der Waals surface area contributed by atoms with Gasteiger partial charge in [-0.1, -0.05) is 6.07 Å². The van der Waals surface area contributed by atoms with E-state index in [0.717, 1.165) is 11.4 Å². The lowest BCUT2D eigenvalue weighted by Gasteiger charge is -2.22. The Kier molecular flexibility index (Phi) is 6.36. The van der Waals surface area contributed by atoms with Crippen LogP contribution in [-0.2, 0) is 16.1 Å². The third-order valence-corrected chi connectivity index (χ3v) is 4.95. The van der Waals surface area contributed by atoms with Gasteiger partial charge in [0.25, 0.3) is 0 Å². The molecule has 6 nitrogen and oxygen atoms in total. The normalized spacial score (nSPS) is 16.1. The molecule has 7 heteroatoms. The lowest BCUT2D eigenvalue weighted by Crippen LogP contribution is -2.34. The average molecular weight is 400 g/mol. The summed E-state index contributed by atoms with van der Waals surface area (Å²) in [5, 5.41) is 0. The molecule has 2 aromatic carbocycles. The summed E-state index contributed by atoms with van der Waals surface area (Å²) < 4.78 is 24.2. The summed E-state index contributed by atoms with van der Waals surface area (Å²) in [6.07, 6.45) is 0.160. The Morgan fingerprint density at radius 3 is 2.59 bits per heavy atom. The van der Waals surface area contributed by atoms with Crippen molar-refractivity contribution < 1.29 is 23.5 Å². The first-order valence-corrected chi connectivity index (χ1v) is 9.53. The minimum absolute atomic E-state index is 0.0867. The minimum atomic E-state index is -0.469.